The lowest BCUT2D eigenvalue weighted by Crippen LogP contribution is -2.37. The van der Waals surface area contributed by atoms with Crippen LogP contribution in [0.5, 0.6) is 0 Å². The summed E-state index contributed by atoms with van der Waals surface area (Å²) < 4.78 is 5.33. The Bertz CT molecular complexity index is 542. The number of nitrogens with zero attached hydrogens (tertiary/aromatic N) is 4. The van der Waals surface area contributed by atoms with Gasteiger partial charge >= 0.3 is 0 Å². The average molecular weight is 251 g/mol. The van der Waals surface area contributed by atoms with Crippen LogP contribution in [-0.4, -0.2) is 41.3 Å². The minimum Gasteiger partial charge on any atom is -0.378 e. The molecule has 1 saturated heterocycles. The predicted molar refractivity (Wildman–Crippen MR) is 65.4 cm³/mol. The van der Waals surface area contributed by atoms with Gasteiger partial charge in [-0.05, 0) is 23.7 Å². The first kappa shape index (κ1) is 10.7. The van der Waals surface area contributed by atoms with Crippen LogP contribution in [0.25, 0.3) is 11.0 Å². The maximum Gasteiger partial charge on any atom is 0.226 e. The van der Waals surface area contributed by atoms with Crippen molar-refractivity contribution in [1.82, 2.24) is 15.0 Å². The number of morpholine rings is 1. The number of halogens is 1. The van der Waals surface area contributed by atoms with Crippen LogP contribution in [0.4, 0.5) is 5.82 Å². The highest BCUT2D eigenvalue weighted by Gasteiger charge is 2.16. The lowest BCUT2D eigenvalue weighted by atomic mass is 10.3. The van der Waals surface area contributed by atoms with E-state index in [0.29, 0.717) is 18.9 Å². The number of aromatic nitrogens is 3. The van der Waals surface area contributed by atoms with Gasteiger partial charge in [0.25, 0.3) is 0 Å². The van der Waals surface area contributed by atoms with E-state index in [1.54, 1.807) is 6.20 Å². The van der Waals surface area contributed by atoms with E-state index in [1.165, 1.54) is 0 Å². The van der Waals surface area contributed by atoms with Gasteiger partial charge in [-0.2, -0.15) is 9.97 Å². The molecular weight excluding hydrogens is 240 g/mol. The fraction of sp³-hybridized carbons (Fsp3) is 0.364. The zero-order valence-corrected chi connectivity index (χ0v) is 9.89. The van der Waals surface area contributed by atoms with Gasteiger partial charge in [-0.25, -0.2) is 4.98 Å². The van der Waals surface area contributed by atoms with Gasteiger partial charge in [0.15, 0.2) is 5.65 Å². The molecule has 0 atom stereocenters. The molecule has 2 aromatic rings. The van der Waals surface area contributed by atoms with Gasteiger partial charge in [0.1, 0.15) is 5.82 Å². The third-order valence-corrected chi connectivity index (χ3v) is 2.90. The van der Waals surface area contributed by atoms with Gasteiger partial charge in [0.05, 0.1) is 18.6 Å². The number of fused-ring (bicyclic) bond motifs is 1. The van der Waals surface area contributed by atoms with E-state index in [2.05, 4.69) is 19.9 Å². The van der Waals surface area contributed by atoms with E-state index in [-0.39, 0.29) is 5.28 Å². The molecule has 0 saturated carbocycles. The molecule has 0 bridgehead atoms. The quantitative estimate of drug-likeness (QED) is 0.718. The van der Waals surface area contributed by atoms with Crippen molar-refractivity contribution in [2.45, 2.75) is 0 Å². The van der Waals surface area contributed by atoms with E-state index < -0.39 is 0 Å². The van der Waals surface area contributed by atoms with E-state index in [0.717, 1.165) is 24.3 Å². The Morgan fingerprint density at radius 1 is 1.24 bits per heavy atom. The molecule has 17 heavy (non-hydrogen) atoms. The summed E-state index contributed by atoms with van der Waals surface area (Å²) in [5.41, 5.74) is 0.633. The second-order valence-electron chi connectivity index (χ2n) is 3.79. The number of rotatable bonds is 1. The van der Waals surface area contributed by atoms with Crippen LogP contribution in [0, 0.1) is 0 Å². The molecule has 6 heteroatoms. The standard InChI is InChI=1S/C11H11ClN4O/c12-11-14-9-8(2-1-3-13-9)10(15-11)16-4-6-17-7-5-16/h1-3H,4-7H2. The first-order valence-corrected chi connectivity index (χ1v) is 5.83. The van der Waals surface area contributed by atoms with Crippen molar-refractivity contribution in [2.24, 2.45) is 0 Å². The van der Waals surface area contributed by atoms with Crippen molar-refractivity contribution in [1.29, 1.82) is 0 Å². The molecule has 0 aliphatic carbocycles. The summed E-state index contributed by atoms with van der Waals surface area (Å²) in [4.78, 5) is 14.8. The van der Waals surface area contributed by atoms with Gasteiger partial charge in [0, 0.05) is 19.3 Å². The van der Waals surface area contributed by atoms with E-state index in [1.807, 2.05) is 12.1 Å². The Morgan fingerprint density at radius 3 is 2.88 bits per heavy atom. The minimum atomic E-state index is 0.234. The molecule has 1 aliphatic rings. The maximum absolute atomic E-state index is 5.92. The van der Waals surface area contributed by atoms with E-state index in [9.17, 15) is 0 Å². The SMILES string of the molecule is Clc1nc(N2CCOCC2)c2cccnc2n1. The van der Waals surface area contributed by atoms with E-state index >= 15 is 0 Å². The van der Waals surface area contributed by atoms with Crippen molar-refractivity contribution >= 4 is 28.5 Å². The van der Waals surface area contributed by atoms with Crippen molar-refractivity contribution in [3.05, 3.63) is 23.6 Å². The monoisotopic (exact) mass is 250 g/mol. The lowest BCUT2D eigenvalue weighted by molar-refractivity contribution is 0.122. The molecule has 0 radical (unpaired) electrons. The molecule has 0 aromatic carbocycles. The van der Waals surface area contributed by atoms with Gasteiger partial charge < -0.3 is 9.64 Å². The summed E-state index contributed by atoms with van der Waals surface area (Å²) in [6, 6.07) is 3.84. The van der Waals surface area contributed by atoms with Gasteiger partial charge in [-0.1, -0.05) is 0 Å². The van der Waals surface area contributed by atoms with Gasteiger partial charge in [-0.15, -0.1) is 0 Å². The second kappa shape index (κ2) is 4.43. The number of hydrogen-bond acceptors (Lipinski definition) is 5. The van der Waals surface area contributed by atoms with Crippen molar-refractivity contribution in [2.75, 3.05) is 31.2 Å². The highest BCUT2D eigenvalue weighted by Crippen LogP contribution is 2.24. The predicted octanol–water partition coefficient (Wildman–Crippen LogP) is 1.51. The number of ether oxygens (including phenoxy) is 1. The fourth-order valence-electron chi connectivity index (χ4n) is 1.94. The van der Waals surface area contributed by atoms with Crippen molar-refractivity contribution in [3.63, 3.8) is 0 Å². The zero-order valence-electron chi connectivity index (χ0n) is 9.14. The number of hydrogen-bond donors (Lipinski definition) is 0. The molecule has 2 aromatic heterocycles. The maximum atomic E-state index is 5.92. The van der Waals surface area contributed by atoms with Crippen LogP contribution in [0.2, 0.25) is 5.28 Å². The summed E-state index contributed by atoms with van der Waals surface area (Å²) in [6.45, 7) is 3.06. The second-order valence-corrected chi connectivity index (χ2v) is 4.13. The highest BCUT2D eigenvalue weighted by molar-refractivity contribution is 6.28. The lowest BCUT2D eigenvalue weighted by Gasteiger charge is -2.28. The Labute approximate surface area is 103 Å². The summed E-state index contributed by atoms with van der Waals surface area (Å²) in [5, 5.41) is 1.16. The molecular formula is C11H11ClN4O. The Morgan fingerprint density at radius 2 is 2.06 bits per heavy atom. The fourth-order valence-corrected chi connectivity index (χ4v) is 2.10. The van der Waals surface area contributed by atoms with E-state index in [4.69, 9.17) is 16.3 Å². The topological polar surface area (TPSA) is 51.1 Å². The molecule has 1 aliphatic heterocycles. The summed E-state index contributed by atoms with van der Waals surface area (Å²) >= 11 is 5.92. The molecule has 0 N–H and O–H groups in total. The first-order valence-electron chi connectivity index (χ1n) is 5.45. The smallest absolute Gasteiger partial charge is 0.226 e. The highest BCUT2D eigenvalue weighted by atomic mass is 35.5. The molecule has 0 amide bonds. The van der Waals surface area contributed by atoms with Crippen molar-refractivity contribution in [3.8, 4) is 0 Å². The van der Waals surface area contributed by atoms with Crippen molar-refractivity contribution < 1.29 is 4.74 Å². The van der Waals surface area contributed by atoms with Gasteiger partial charge in [-0.3, -0.25) is 0 Å². The molecule has 5 nitrogen and oxygen atoms in total. The molecule has 3 heterocycles. The summed E-state index contributed by atoms with van der Waals surface area (Å²) in [5.74, 6) is 0.844. The minimum absolute atomic E-state index is 0.234. The zero-order chi connectivity index (χ0) is 11.7. The number of anilines is 1. The van der Waals surface area contributed by atoms with Crippen LogP contribution in [-0.2, 0) is 4.74 Å². The third-order valence-electron chi connectivity index (χ3n) is 2.73. The Kier molecular flexibility index (Phi) is 2.78. The largest absolute Gasteiger partial charge is 0.378 e. The molecule has 88 valence electrons. The Balaban J connectivity index is 2.13. The average Bonchev–Trinajstić information content (AvgIpc) is 2.39. The molecule has 0 unspecified atom stereocenters. The number of pyridine rings is 1. The molecule has 3 rings (SSSR count). The Hall–Kier alpha value is -1.46. The van der Waals surface area contributed by atoms with Crippen LogP contribution >= 0.6 is 11.6 Å². The normalized spacial score (nSPS) is 16.4. The summed E-state index contributed by atoms with van der Waals surface area (Å²) in [7, 11) is 0. The van der Waals surface area contributed by atoms with Crippen LogP contribution in [0.3, 0.4) is 0 Å². The van der Waals surface area contributed by atoms with Gasteiger partial charge in [0.2, 0.25) is 5.28 Å². The molecule has 1 fully saturated rings. The summed E-state index contributed by atoms with van der Waals surface area (Å²) in [6.07, 6.45) is 1.70. The van der Waals surface area contributed by atoms with Crippen LogP contribution < -0.4 is 4.90 Å². The molecule has 0 spiro atoms. The van der Waals surface area contributed by atoms with Crippen LogP contribution in [0.15, 0.2) is 18.3 Å². The van der Waals surface area contributed by atoms with Crippen LogP contribution in [0.1, 0.15) is 0 Å². The first-order chi connectivity index (χ1) is 8.34. The third kappa shape index (κ3) is 2.03.